The van der Waals surface area contributed by atoms with Crippen LogP contribution in [0.2, 0.25) is 0 Å². The maximum absolute atomic E-state index is 11.9. The first-order valence-electron chi connectivity index (χ1n) is 6.76. The fraction of sp³-hybridized carbons (Fsp3) is 0.533. The van der Waals surface area contributed by atoms with E-state index < -0.39 is 0 Å². The van der Waals surface area contributed by atoms with E-state index in [2.05, 4.69) is 4.90 Å². The summed E-state index contributed by atoms with van der Waals surface area (Å²) in [5.74, 6) is -0.334. The van der Waals surface area contributed by atoms with Crippen molar-refractivity contribution in [2.75, 3.05) is 19.6 Å². The van der Waals surface area contributed by atoms with Gasteiger partial charge in [0, 0.05) is 19.6 Å². The first-order valence-corrected chi connectivity index (χ1v) is 6.76. The molecular weight excluding hydrogens is 242 g/mol. The molecule has 1 aliphatic heterocycles. The van der Waals surface area contributed by atoms with Gasteiger partial charge in [-0.3, -0.25) is 9.69 Å². The van der Waals surface area contributed by atoms with Gasteiger partial charge >= 0.3 is 5.97 Å². The van der Waals surface area contributed by atoms with Crippen molar-refractivity contribution >= 4 is 5.97 Å². The van der Waals surface area contributed by atoms with Crippen LogP contribution in [0.3, 0.4) is 0 Å². The molecule has 2 atom stereocenters. The molecular formula is C15H21NO3. The summed E-state index contributed by atoms with van der Waals surface area (Å²) in [7, 11) is 0. The van der Waals surface area contributed by atoms with Crippen LogP contribution < -0.4 is 0 Å². The van der Waals surface area contributed by atoms with Crippen LogP contribution in [0.25, 0.3) is 0 Å². The third-order valence-electron chi connectivity index (χ3n) is 3.41. The van der Waals surface area contributed by atoms with Crippen LogP contribution in [-0.4, -0.2) is 41.7 Å². The Morgan fingerprint density at radius 1 is 1.47 bits per heavy atom. The number of hydrogen-bond acceptors (Lipinski definition) is 4. The Bertz CT molecular complexity index is 407. The van der Waals surface area contributed by atoms with Crippen LogP contribution in [0.15, 0.2) is 30.3 Å². The average molecular weight is 263 g/mol. The highest BCUT2D eigenvalue weighted by Crippen LogP contribution is 2.12. The fourth-order valence-electron chi connectivity index (χ4n) is 2.31. The van der Waals surface area contributed by atoms with Crippen molar-refractivity contribution in [2.24, 2.45) is 5.92 Å². The van der Waals surface area contributed by atoms with Crippen LogP contribution in [0, 0.1) is 5.92 Å². The number of aliphatic hydroxyl groups is 1. The minimum Gasteiger partial charge on any atom is -0.461 e. The number of carbonyl (C=O) groups excluding carboxylic acids is 1. The molecule has 0 saturated carbocycles. The summed E-state index contributed by atoms with van der Waals surface area (Å²) in [5, 5.41) is 9.45. The fourth-order valence-corrected chi connectivity index (χ4v) is 2.31. The SMILES string of the molecule is CC(CN1CC[C@H](O)C1)C(=O)OCc1ccccc1. The van der Waals surface area contributed by atoms with E-state index in [1.54, 1.807) is 0 Å². The number of rotatable bonds is 5. The summed E-state index contributed by atoms with van der Waals surface area (Å²) in [6, 6.07) is 9.67. The summed E-state index contributed by atoms with van der Waals surface area (Å²) < 4.78 is 5.30. The minimum absolute atomic E-state index is 0.158. The van der Waals surface area contributed by atoms with Gasteiger partial charge in [-0.15, -0.1) is 0 Å². The molecule has 2 rings (SSSR count). The van der Waals surface area contributed by atoms with Crippen LogP contribution in [0.1, 0.15) is 18.9 Å². The van der Waals surface area contributed by atoms with Gasteiger partial charge in [-0.1, -0.05) is 37.3 Å². The molecule has 19 heavy (non-hydrogen) atoms. The predicted molar refractivity (Wildman–Crippen MR) is 72.5 cm³/mol. The quantitative estimate of drug-likeness (QED) is 0.817. The number of hydrogen-bond donors (Lipinski definition) is 1. The smallest absolute Gasteiger partial charge is 0.310 e. The number of benzene rings is 1. The van der Waals surface area contributed by atoms with E-state index in [0.717, 1.165) is 18.5 Å². The van der Waals surface area contributed by atoms with E-state index in [4.69, 9.17) is 4.74 Å². The Morgan fingerprint density at radius 3 is 2.84 bits per heavy atom. The van der Waals surface area contributed by atoms with E-state index in [9.17, 15) is 9.90 Å². The van der Waals surface area contributed by atoms with Crippen LogP contribution in [0.5, 0.6) is 0 Å². The molecule has 0 radical (unpaired) electrons. The van der Waals surface area contributed by atoms with E-state index in [0.29, 0.717) is 19.7 Å². The Morgan fingerprint density at radius 2 is 2.21 bits per heavy atom. The van der Waals surface area contributed by atoms with Gasteiger partial charge in [0.15, 0.2) is 0 Å². The summed E-state index contributed by atoms with van der Waals surface area (Å²) in [6.45, 7) is 4.38. The van der Waals surface area contributed by atoms with E-state index in [-0.39, 0.29) is 18.0 Å². The van der Waals surface area contributed by atoms with Gasteiger partial charge in [0.05, 0.1) is 12.0 Å². The third kappa shape index (κ3) is 4.33. The summed E-state index contributed by atoms with van der Waals surface area (Å²) in [4.78, 5) is 14.0. The van der Waals surface area contributed by atoms with Gasteiger partial charge in [-0.2, -0.15) is 0 Å². The number of β-amino-alcohol motifs (C(OH)–C–C–N with tert-alkyl or cyclic N) is 1. The molecule has 1 aromatic rings. The number of likely N-dealkylation sites (tertiary alicyclic amines) is 1. The molecule has 0 spiro atoms. The molecule has 0 aromatic heterocycles. The topological polar surface area (TPSA) is 49.8 Å². The zero-order valence-electron chi connectivity index (χ0n) is 11.3. The highest BCUT2D eigenvalue weighted by atomic mass is 16.5. The van der Waals surface area contributed by atoms with Crippen molar-refractivity contribution in [1.82, 2.24) is 4.90 Å². The zero-order chi connectivity index (χ0) is 13.7. The summed E-state index contributed by atoms with van der Waals surface area (Å²) >= 11 is 0. The largest absolute Gasteiger partial charge is 0.461 e. The second-order valence-electron chi connectivity index (χ2n) is 5.20. The Balaban J connectivity index is 1.73. The molecule has 1 fully saturated rings. The highest BCUT2D eigenvalue weighted by Gasteiger charge is 2.24. The lowest BCUT2D eigenvalue weighted by atomic mass is 10.1. The van der Waals surface area contributed by atoms with Gasteiger partial charge in [0.1, 0.15) is 6.61 Å². The maximum atomic E-state index is 11.9. The Hall–Kier alpha value is -1.39. The molecule has 1 heterocycles. The standard InChI is InChI=1S/C15H21NO3/c1-12(9-16-8-7-14(17)10-16)15(18)19-11-13-5-3-2-4-6-13/h2-6,12,14,17H,7-11H2,1H3/t12?,14-/m0/s1. The third-order valence-corrected chi connectivity index (χ3v) is 3.41. The van der Waals surface area contributed by atoms with Crippen molar-refractivity contribution in [1.29, 1.82) is 0 Å². The second-order valence-corrected chi connectivity index (χ2v) is 5.20. The van der Waals surface area contributed by atoms with Gasteiger partial charge in [-0.25, -0.2) is 0 Å². The Kier molecular flexibility index (Phi) is 4.93. The molecule has 1 aliphatic rings. The molecule has 1 unspecified atom stereocenters. The van der Waals surface area contributed by atoms with Crippen molar-refractivity contribution in [3.63, 3.8) is 0 Å². The number of esters is 1. The van der Waals surface area contributed by atoms with E-state index in [1.165, 1.54) is 0 Å². The second kappa shape index (κ2) is 6.68. The number of carbonyl (C=O) groups is 1. The van der Waals surface area contributed by atoms with Crippen molar-refractivity contribution in [2.45, 2.75) is 26.1 Å². The predicted octanol–water partition coefficient (Wildman–Crippen LogP) is 1.43. The van der Waals surface area contributed by atoms with Gasteiger partial charge in [0.25, 0.3) is 0 Å². The lowest BCUT2D eigenvalue weighted by Crippen LogP contribution is -2.31. The molecule has 1 aromatic carbocycles. The van der Waals surface area contributed by atoms with Crippen LogP contribution in [-0.2, 0) is 16.1 Å². The molecule has 104 valence electrons. The minimum atomic E-state index is -0.243. The lowest BCUT2D eigenvalue weighted by Gasteiger charge is -2.19. The van der Waals surface area contributed by atoms with E-state index >= 15 is 0 Å². The number of ether oxygens (including phenoxy) is 1. The zero-order valence-corrected chi connectivity index (χ0v) is 11.3. The molecule has 4 nitrogen and oxygen atoms in total. The molecule has 0 amide bonds. The summed E-state index contributed by atoms with van der Waals surface area (Å²) in [5.41, 5.74) is 1.000. The number of aliphatic hydroxyl groups excluding tert-OH is 1. The molecule has 1 saturated heterocycles. The molecule has 4 heteroatoms. The molecule has 0 bridgehead atoms. The Labute approximate surface area is 114 Å². The van der Waals surface area contributed by atoms with Gasteiger partial charge in [0.2, 0.25) is 0 Å². The van der Waals surface area contributed by atoms with Crippen molar-refractivity contribution in [3.05, 3.63) is 35.9 Å². The van der Waals surface area contributed by atoms with Crippen molar-refractivity contribution in [3.8, 4) is 0 Å². The molecule has 1 N–H and O–H groups in total. The monoisotopic (exact) mass is 263 g/mol. The highest BCUT2D eigenvalue weighted by molar-refractivity contribution is 5.72. The van der Waals surface area contributed by atoms with Gasteiger partial charge in [-0.05, 0) is 12.0 Å². The average Bonchev–Trinajstić information content (AvgIpc) is 2.82. The summed E-state index contributed by atoms with van der Waals surface area (Å²) in [6.07, 6.45) is 0.554. The van der Waals surface area contributed by atoms with Crippen LogP contribution >= 0.6 is 0 Å². The maximum Gasteiger partial charge on any atom is 0.310 e. The first kappa shape index (κ1) is 14.0. The van der Waals surface area contributed by atoms with E-state index in [1.807, 2.05) is 37.3 Å². The number of nitrogens with zero attached hydrogens (tertiary/aromatic N) is 1. The molecule has 0 aliphatic carbocycles. The first-order chi connectivity index (χ1) is 9.15. The normalized spacial score (nSPS) is 21.3. The lowest BCUT2D eigenvalue weighted by molar-refractivity contribution is -0.149. The van der Waals surface area contributed by atoms with Crippen LogP contribution in [0.4, 0.5) is 0 Å². The van der Waals surface area contributed by atoms with Crippen molar-refractivity contribution < 1.29 is 14.6 Å². The van der Waals surface area contributed by atoms with Gasteiger partial charge < -0.3 is 9.84 Å².